The van der Waals surface area contributed by atoms with Gasteiger partial charge in [-0.05, 0) is 12.1 Å². The van der Waals surface area contributed by atoms with Crippen molar-refractivity contribution in [2.24, 2.45) is 5.73 Å². The Balaban J connectivity index is 2.08. The Morgan fingerprint density at radius 3 is 2.86 bits per heavy atom. The van der Waals surface area contributed by atoms with Crippen molar-refractivity contribution in [3.05, 3.63) is 52.7 Å². The molecule has 0 aliphatic carbocycles. The van der Waals surface area contributed by atoms with E-state index in [0.29, 0.717) is 17.1 Å². The summed E-state index contributed by atoms with van der Waals surface area (Å²) < 4.78 is 5.20. The van der Waals surface area contributed by atoms with E-state index in [9.17, 15) is 9.90 Å². The Hall–Kier alpha value is -2.31. The summed E-state index contributed by atoms with van der Waals surface area (Å²) >= 11 is 6.02. The van der Waals surface area contributed by atoms with Crippen molar-refractivity contribution in [3.63, 3.8) is 0 Å². The molecule has 0 aliphatic rings. The third-order valence-corrected chi connectivity index (χ3v) is 3.37. The van der Waals surface area contributed by atoms with Crippen LogP contribution in [0.15, 0.2) is 36.5 Å². The average molecular weight is 322 g/mol. The Morgan fingerprint density at radius 2 is 2.23 bits per heavy atom. The van der Waals surface area contributed by atoms with Gasteiger partial charge in [-0.25, -0.2) is 4.98 Å². The number of rotatable bonds is 6. The molecule has 7 heteroatoms. The van der Waals surface area contributed by atoms with E-state index < -0.39 is 12.0 Å². The Kier molecular flexibility index (Phi) is 5.19. The zero-order valence-electron chi connectivity index (χ0n) is 11.9. The number of nitrogens with two attached hydrogens (primary N) is 1. The number of hydrogen-bond donors (Lipinski definition) is 3. The number of carbonyl (C=O) groups excluding carboxylic acids is 1. The highest BCUT2D eigenvalue weighted by molar-refractivity contribution is 6.33. The zero-order valence-corrected chi connectivity index (χ0v) is 12.7. The summed E-state index contributed by atoms with van der Waals surface area (Å²) in [6.07, 6.45) is 0.524. The Labute approximate surface area is 132 Å². The molecule has 2 rings (SSSR count). The number of carbonyl (C=O) groups is 1. The number of aliphatic hydroxyl groups is 1. The van der Waals surface area contributed by atoms with Crippen molar-refractivity contribution in [3.8, 4) is 5.75 Å². The molecular formula is C15H16ClN3O3. The monoisotopic (exact) mass is 321 g/mol. The van der Waals surface area contributed by atoms with Crippen LogP contribution in [0.3, 0.4) is 0 Å². The molecule has 4 N–H and O–H groups in total. The van der Waals surface area contributed by atoms with Gasteiger partial charge in [0, 0.05) is 18.3 Å². The second-order valence-electron chi connectivity index (χ2n) is 4.56. The quantitative estimate of drug-likeness (QED) is 0.756. The number of ether oxygens (including phenoxy) is 1. The number of methoxy groups -OCH3 is 1. The van der Waals surface area contributed by atoms with Crippen LogP contribution in [0.2, 0.25) is 5.02 Å². The number of aromatic nitrogens is 1. The Bertz CT molecular complexity index is 679. The first-order chi connectivity index (χ1) is 10.5. The van der Waals surface area contributed by atoms with Crippen molar-refractivity contribution in [1.82, 2.24) is 4.98 Å². The van der Waals surface area contributed by atoms with Crippen molar-refractivity contribution in [2.45, 2.75) is 6.10 Å². The third kappa shape index (κ3) is 3.66. The largest absolute Gasteiger partial charge is 0.496 e. The van der Waals surface area contributed by atoms with E-state index >= 15 is 0 Å². The summed E-state index contributed by atoms with van der Waals surface area (Å²) in [6.45, 7) is 0.184. The molecule has 0 saturated carbocycles. The van der Waals surface area contributed by atoms with Crippen molar-refractivity contribution in [1.29, 1.82) is 0 Å². The number of primary amides is 1. The summed E-state index contributed by atoms with van der Waals surface area (Å²) in [5.41, 5.74) is 6.03. The molecular weight excluding hydrogens is 306 g/mol. The van der Waals surface area contributed by atoms with Gasteiger partial charge in [0.2, 0.25) is 5.91 Å². The standard InChI is InChI=1S/C15H16ClN3O3/c1-22-13-5-3-2-4-10(13)12(20)8-19-15-11(16)6-9(7-18-15)14(17)21/h2-7,12,20H,8H2,1H3,(H2,17,21)(H,18,19)/t12-/m1/s1. The number of amides is 1. The van der Waals surface area contributed by atoms with E-state index in [1.54, 1.807) is 19.2 Å². The topological polar surface area (TPSA) is 97.5 Å². The Morgan fingerprint density at radius 1 is 1.50 bits per heavy atom. The van der Waals surface area contributed by atoms with Crippen molar-refractivity contribution in [2.75, 3.05) is 19.0 Å². The molecule has 0 spiro atoms. The lowest BCUT2D eigenvalue weighted by atomic mass is 10.1. The molecule has 0 radical (unpaired) electrons. The lowest BCUT2D eigenvalue weighted by molar-refractivity contribution is 0.1000. The molecule has 0 bridgehead atoms. The van der Waals surface area contributed by atoms with Crippen LogP contribution in [0.5, 0.6) is 5.75 Å². The molecule has 22 heavy (non-hydrogen) atoms. The summed E-state index contributed by atoms with van der Waals surface area (Å²) in [5, 5.41) is 13.4. The molecule has 2 aromatic rings. The lowest BCUT2D eigenvalue weighted by Crippen LogP contribution is -2.15. The maximum Gasteiger partial charge on any atom is 0.250 e. The highest BCUT2D eigenvalue weighted by Crippen LogP contribution is 2.26. The molecule has 0 saturated heterocycles. The number of aliphatic hydroxyl groups excluding tert-OH is 1. The second kappa shape index (κ2) is 7.11. The number of hydrogen-bond acceptors (Lipinski definition) is 5. The molecule has 1 aromatic heterocycles. The van der Waals surface area contributed by atoms with E-state index in [-0.39, 0.29) is 17.1 Å². The minimum Gasteiger partial charge on any atom is -0.496 e. The third-order valence-electron chi connectivity index (χ3n) is 3.09. The number of anilines is 1. The molecule has 0 fully saturated rings. The summed E-state index contributed by atoms with van der Waals surface area (Å²) in [7, 11) is 1.54. The maximum absolute atomic E-state index is 11.0. The van der Waals surface area contributed by atoms with Gasteiger partial charge in [-0.2, -0.15) is 0 Å². The average Bonchev–Trinajstić information content (AvgIpc) is 2.53. The first-order valence-corrected chi connectivity index (χ1v) is 6.91. The van der Waals surface area contributed by atoms with Gasteiger partial charge in [-0.3, -0.25) is 4.79 Å². The molecule has 0 aliphatic heterocycles. The fourth-order valence-corrected chi connectivity index (χ4v) is 2.18. The normalized spacial score (nSPS) is 11.8. The van der Waals surface area contributed by atoms with Crippen molar-refractivity contribution >= 4 is 23.3 Å². The van der Waals surface area contributed by atoms with Gasteiger partial charge in [0.05, 0.1) is 23.8 Å². The number of nitrogens with one attached hydrogen (secondary N) is 1. The highest BCUT2D eigenvalue weighted by Gasteiger charge is 2.14. The first-order valence-electron chi connectivity index (χ1n) is 6.53. The van der Waals surface area contributed by atoms with Gasteiger partial charge in [-0.1, -0.05) is 29.8 Å². The summed E-state index contributed by atoms with van der Waals surface area (Å²) in [6, 6.07) is 8.61. The summed E-state index contributed by atoms with van der Waals surface area (Å²) in [5.74, 6) is 0.357. The van der Waals surface area contributed by atoms with Crippen molar-refractivity contribution < 1.29 is 14.6 Å². The van der Waals surface area contributed by atoms with Crippen LogP contribution >= 0.6 is 11.6 Å². The second-order valence-corrected chi connectivity index (χ2v) is 4.96. The van der Waals surface area contributed by atoms with Gasteiger partial charge < -0.3 is 20.9 Å². The first kappa shape index (κ1) is 16.1. The van der Waals surface area contributed by atoms with Gasteiger partial charge in [0.25, 0.3) is 0 Å². The zero-order chi connectivity index (χ0) is 16.1. The van der Waals surface area contributed by atoms with Crippen LogP contribution in [-0.2, 0) is 0 Å². The molecule has 1 heterocycles. The van der Waals surface area contributed by atoms with Crippen LogP contribution < -0.4 is 15.8 Å². The van der Waals surface area contributed by atoms with E-state index in [0.717, 1.165) is 0 Å². The molecule has 6 nitrogen and oxygen atoms in total. The minimum atomic E-state index is -0.801. The van der Waals surface area contributed by atoms with Gasteiger partial charge in [-0.15, -0.1) is 0 Å². The highest BCUT2D eigenvalue weighted by atomic mass is 35.5. The van der Waals surface area contributed by atoms with Gasteiger partial charge in [0.1, 0.15) is 11.6 Å². The van der Waals surface area contributed by atoms with Gasteiger partial charge in [0.15, 0.2) is 0 Å². The maximum atomic E-state index is 11.0. The number of para-hydroxylation sites is 1. The molecule has 1 aromatic carbocycles. The van der Waals surface area contributed by atoms with Crippen LogP contribution in [0, 0.1) is 0 Å². The predicted molar refractivity (Wildman–Crippen MR) is 84.2 cm³/mol. The predicted octanol–water partition coefficient (Wildman–Crippen LogP) is 1.99. The number of benzene rings is 1. The number of pyridine rings is 1. The summed E-state index contributed by atoms with van der Waals surface area (Å²) in [4.78, 5) is 15.1. The fraction of sp³-hybridized carbons (Fsp3) is 0.200. The SMILES string of the molecule is COc1ccccc1[C@H](O)CNc1ncc(C(N)=O)cc1Cl. The number of nitrogens with zero attached hydrogens (tertiary/aromatic N) is 1. The molecule has 116 valence electrons. The van der Waals surface area contributed by atoms with Crippen LogP contribution in [0.25, 0.3) is 0 Å². The van der Waals surface area contributed by atoms with Crippen LogP contribution in [-0.4, -0.2) is 29.7 Å². The van der Waals surface area contributed by atoms with Crippen LogP contribution in [0.1, 0.15) is 22.0 Å². The number of halogens is 1. The van der Waals surface area contributed by atoms with Crippen LogP contribution in [0.4, 0.5) is 5.82 Å². The molecule has 0 unspecified atom stereocenters. The molecule has 1 atom stereocenters. The smallest absolute Gasteiger partial charge is 0.250 e. The lowest BCUT2D eigenvalue weighted by Gasteiger charge is -2.16. The minimum absolute atomic E-state index is 0.184. The van der Waals surface area contributed by atoms with E-state index in [2.05, 4.69) is 10.3 Å². The van der Waals surface area contributed by atoms with E-state index in [1.165, 1.54) is 12.3 Å². The fourth-order valence-electron chi connectivity index (χ4n) is 1.95. The molecule has 1 amide bonds. The van der Waals surface area contributed by atoms with E-state index in [4.69, 9.17) is 22.1 Å². The van der Waals surface area contributed by atoms with Gasteiger partial charge >= 0.3 is 0 Å². The van der Waals surface area contributed by atoms with E-state index in [1.807, 2.05) is 12.1 Å².